The number of ether oxygens (including phenoxy) is 1. The normalized spacial score (nSPS) is 12.5. The van der Waals surface area contributed by atoms with Crippen LogP contribution in [0.3, 0.4) is 0 Å². The fraction of sp³-hybridized carbons (Fsp3) is 0.333. The molecule has 0 radical (unpaired) electrons. The molecule has 0 atom stereocenters. The van der Waals surface area contributed by atoms with E-state index in [4.69, 9.17) is 21.4 Å². The number of aliphatic carboxylic acids is 1. The number of halogens is 2. The van der Waals surface area contributed by atoms with Gasteiger partial charge in [-0.3, -0.25) is 9.79 Å². The molecule has 1 aromatic carbocycles. The molecule has 0 saturated heterocycles. The summed E-state index contributed by atoms with van der Waals surface area (Å²) in [6.07, 6.45) is 2.19. The van der Waals surface area contributed by atoms with Gasteiger partial charge in [-0.2, -0.15) is 0 Å². The molecule has 0 aliphatic carbocycles. The fourth-order valence-electron chi connectivity index (χ4n) is 2.06. The summed E-state index contributed by atoms with van der Waals surface area (Å²) in [7, 11) is 0. The number of benzene rings is 1. The summed E-state index contributed by atoms with van der Waals surface area (Å²) in [5.41, 5.74) is 0.929. The standard InChI is InChI=1S/C9H9N3O2S.C6H4ClF.C6H12O2/c1-5-6(9(13)14)4-11-7(12-5)8-10-2-3-15-8;7-5-2-1-3-6(8)4-5;1-4-6(7)8-5(2)3/h2-3H,4H2,1H3,(H,11,12)(H,13,14);1-4H;5H,4H2,1-3H3. The molecule has 0 fully saturated rings. The molecule has 10 heteroatoms. The Hall–Kier alpha value is -2.78. The SMILES string of the molecule is CC1=C(C(=O)O)CN=C(c2nccs2)N1.CCC(=O)OC(C)C.Fc1cccc(Cl)c1. The van der Waals surface area contributed by atoms with Crippen molar-refractivity contribution in [2.45, 2.75) is 40.2 Å². The minimum Gasteiger partial charge on any atom is -0.478 e. The van der Waals surface area contributed by atoms with E-state index in [-0.39, 0.29) is 24.4 Å². The summed E-state index contributed by atoms with van der Waals surface area (Å²) in [5, 5.41) is 14.9. The summed E-state index contributed by atoms with van der Waals surface area (Å²) < 4.78 is 16.8. The number of carboxylic acids is 1. The molecule has 0 spiro atoms. The number of carbonyl (C=O) groups excluding carboxylic acids is 1. The van der Waals surface area contributed by atoms with E-state index < -0.39 is 5.97 Å². The van der Waals surface area contributed by atoms with Gasteiger partial charge in [-0.1, -0.05) is 24.6 Å². The van der Waals surface area contributed by atoms with Crippen LogP contribution >= 0.6 is 22.9 Å². The van der Waals surface area contributed by atoms with Gasteiger partial charge in [-0.25, -0.2) is 14.2 Å². The van der Waals surface area contributed by atoms with Crippen LogP contribution in [0.4, 0.5) is 4.39 Å². The third-order valence-corrected chi connectivity index (χ3v) is 4.50. The highest BCUT2D eigenvalue weighted by Gasteiger charge is 2.18. The van der Waals surface area contributed by atoms with E-state index in [0.29, 0.717) is 28.5 Å². The summed E-state index contributed by atoms with van der Waals surface area (Å²) in [6, 6.07) is 5.82. The molecular weight excluding hydrogens is 445 g/mol. The molecule has 2 heterocycles. The number of aromatic nitrogens is 1. The number of rotatable bonds is 4. The van der Waals surface area contributed by atoms with E-state index in [0.717, 1.165) is 5.01 Å². The molecule has 0 bridgehead atoms. The van der Waals surface area contributed by atoms with E-state index in [1.807, 2.05) is 19.2 Å². The quantitative estimate of drug-likeness (QED) is 0.630. The van der Waals surface area contributed by atoms with Crippen LogP contribution in [0.5, 0.6) is 0 Å². The van der Waals surface area contributed by atoms with Crippen molar-refractivity contribution in [3.05, 3.63) is 63.0 Å². The highest BCUT2D eigenvalue weighted by atomic mass is 35.5. The Balaban J connectivity index is 0.000000256. The first-order chi connectivity index (χ1) is 14.6. The van der Waals surface area contributed by atoms with Gasteiger partial charge in [0.15, 0.2) is 10.8 Å². The fourth-order valence-corrected chi connectivity index (χ4v) is 2.84. The van der Waals surface area contributed by atoms with Gasteiger partial charge >= 0.3 is 11.9 Å². The Bertz CT molecular complexity index is 913. The zero-order valence-corrected chi connectivity index (χ0v) is 19.3. The topological polar surface area (TPSA) is 101 Å². The summed E-state index contributed by atoms with van der Waals surface area (Å²) in [6.45, 7) is 7.39. The van der Waals surface area contributed by atoms with Crippen molar-refractivity contribution < 1.29 is 23.8 Å². The number of carbonyl (C=O) groups is 2. The summed E-state index contributed by atoms with van der Waals surface area (Å²) in [4.78, 5) is 29.4. The van der Waals surface area contributed by atoms with Crippen LogP contribution in [0.15, 0.2) is 52.1 Å². The average Bonchev–Trinajstić information content (AvgIpc) is 3.22. The highest BCUT2D eigenvalue weighted by molar-refractivity contribution is 7.11. The summed E-state index contributed by atoms with van der Waals surface area (Å²) in [5.74, 6) is -0.702. The zero-order valence-electron chi connectivity index (χ0n) is 17.7. The second-order valence-corrected chi connectivity index (χ2v) is 7.70. The molecule has 7 nitrogen and oxygen atoms in total. The first-order valence-electron chi connectivity index (χ1n) is 9.38. The van der Waals surface area contributed by atoms with Crippen LogP contribution in [0, 0.1) is 5.82 Å². The number of allylic oxidation sites excluding steroid dienone is 1. The van der Waals surface area contributed by atoms with Gasteiger partial charge in [0, 0.05) is 28.7 Å². The number of carboxylic acid groups (broad SMARTS) is 1. The van der Waals surface area contributed by atoms with E-state index >= 15 is 0 Å². The van der Waals surface area contributed by atoms with Crippen molar-refractivity contribution in [2.24, 2.45) is 4.99 Å². The van der Waals surface area contributed by atoms with Gasteiger partial charge in [0.1, 0.15) is 5.82 Å². The molecule has 3 rings (SSSR count). The molecular formula is C21H25ClFN3O4S. The Kier molecular flexibility index (Phi) is 11.4. The Morgan fingerprint density at radius 1 is 1.39 bits per heavy atom. The maximum absolute atomic E-state index is 12.1. The molecule has 2 N–H and O–H groups in total. The largest absolute Gasteiger partial charge is 0.478 e. The lowest BCUT2D eigenvalue weighted by Crippen LogP contribution is -2.30. The van der Waals surface area contributed by atoms with Crippen molar-refractivity contribution in [1.29, 1.82) is 0 Å². The number of thiazole rings is 1. The Morgan fingerprint density at radius 3 is 2.48 bits per heavy atom. The Morgan fingerprint density at radius 2 is 2.10 bits per heavy atom. The van der Waals surface area contributed by atoms with E-state index in [2.05, 4.69) is 15.3 Å². The van der Waals surface area contributed by atoms with Crippen molar-refractivity contribution >= 4 is 40.7 Å². The third-order valence-electron chi connectivity index (χ3n) is 3.49. The maximum atomic E-state index is 12.1. The molecule has 1 aromatic heterocycles. The van der Waals surface area contributed by atoms with E-state index in [1.165, 1.54) is 23.5 Å². The molecule has 31 heavy (non-hydrogen) atoms. The van der Waals surface area contributed by atoms with Gasteiger partial charge in [-0.05, 0) is 39.0 Å². The van der Waals surface area contributed by atoms with Crippen LogP contribution in [0.2, 0.25) is 5.02 Å². The number of nitrogens with one attached hydrogen (secondary N) is 1. The van der Waals surface area contributed by atoms with Crippen molar-refractivity contribution in [1.82, 2.24) is 10.3 Å². The van der Waals surface area contributed by atoms with Crippen molar-refractivity contribution in [2.75, 3.05) is 6.54 Å². The highest BCUT2D eigenvalue weighted by Crippen LogP contribution is 2.13. The predicted octanol–water partition coefficient (Wildman–Crippen LogP) is 4.68. The van der Waals surface area contributed by atoms with E-state index in [1.54, 1.807) is 32.2 Å². The minimum absolute atomic E-state index is 0.0300. The van der Waals surface area contributed by atoms with Gasteiger partial charge in [0.05, 0.1) is 18.2 Å². The van der Waals surface area contributed by atoms with Crippen LogP contribution in [-0.4, -0.2) is 40.5 Å². The number of esters is 1. The van der Waals surface area contributed by atoms with Gasteiger partial charge in [0.25, 0.3) is 0 Å². The smallest absolute Gasteiger partial charge is 0.335 e. The van der Waals surface area contributed by atoms with Gasteiger partial charge < -0.3 is 15.2 Å². The first kappa shape index (κ1) is 26.3. The minimum atomic E-state index is -0.929. The van der Waals surface area contributed by atoms with Crippen LogP contribution in [-0.2, 0) is 14.3 Å². The molecule has 2 aromatic rings. The maximum Gasteiger partial charge on any atom is 0.335 e. The number of amidine groups is 1. The second kappa shape index (κ2) is 13.5. The number of aliphatic imine (C=N–C) groups is 1. The lowest BCUT2D eigenvalue weighted by Gasteiger charge is -2.15. The summed E-state index contributed by atoms with van der Waals surface area (Å²) >= 11 is 6.87. The lowest BCUT2D eigenvalue weighted by molar-refractivity contribution is -0.147. The van der Waals surface area contributed by atoms with Gasteiger partial charge in [-0.15, -0.1) is 11.3 Å². The predicted molar refractivity (Wildman–Crippen MR) is 120 cm³/mol. The van der Waals surface area contributed by atoms with E-state index in [9.17, 15) is 14.0 Å². The van der Waals surface area contributed by atoms with Crippen molar-refractivity contribution in [3.63, 3.8) is 0 Å². The number of hydrogen-bond acceptors (Lipinski definition) is 7. The van der Waals surface area contributed by atoms with Crippen LogP contribution < -0.4 is 5.32 Å². The van der Waals surface area contributed by atoms with Gasteiger partial charge in [0.2, 0.25) is 0 Å². The average molecular weight is 470 g/mol. The van der Waals surface area contributed by atoms with Crippen LogP contribution in [0.1, 0.15) is 39.1 Å². The Labute approximate surface area is 189 Å². The molecule has 1 aliphatic heterocycles. The third kappa shape index (κ3) is 10.2. The molecule has 0 saturated carbocycles. The monoisotopic (exact) mass is 469 g/mol. The molecule has 0 unspecified atom stereocenters. The molecule has 0 amide bonds. The van der Waals surface area contributed by atoms with Crippen molar-refractivity contribution in [3.8, 4) is 0 Å². The van der Waals surface area contributed by atoms with Crippen LogP contribution in [0.25, 0.3) is 0 Å². The molecule has 168 valence electrons. The second-order valence-electron chi connectivity index (χ2n) is 6.37. The first-order valence-corrected chi connectivity index (χ1v) is 10.6. The number of hydrogen-bond donors (Lipinski definition) is 2. The molecule has 1 aliphatic rings. The lowest BCUT2D eigenvalue weighted by atomic mass is 10.2. The number of nitrogens with zero attached hydrogens (tertiary/aromatic N) is 2. The zero-order chi connectivity index (χ0) is 23.4.